The molecule has 0 radical (unpaired) electrons. The van der Waals surface area contributed by atoms with E-state index < -0.39 is 0 Å². The first-order valence-electron chi connectivity index (χ1n) is 6.78. The van der Waals surface area contributed by atoms with Gasteiger partial charge in [0.25, 0.3) is 0 Å². The van der Waals surface area contributed by atoms with Crippen LogP contribution in [0.15, 0.2) is 12.2 Å². The van der Waals surface area contributed by atoms with Crippen molar-refractivity contribution in [2.45, 2.75) is 59.0 Å². The smallest absolute Gasteiger partial charge is 0.0596 e. The number of hydrogen-bond acceptors (Lipinski definition) is 1. The third-order valence-corrected chi connectivity index (χ3v) is 5.46. The van der Waals surface area contributed by atoms with Gasteiger partial charge in [-0.2, -0.15) is 0 Å². The van der Waals surface area contributed by atoms with Gasteiger partial charge < -0.3 is 5.11 Å². The second kappa shape index (κ2) is 4.18. The Hall–Kier alpha value is -0.300. The van der Waals surface area contributed by atoms with Gasteiger partial charge in [0.1, 0.15) is 0 Å². The summed E-state index contributed by atoms with van der Waals surface area (Å²) in [6, 6.07) is 0. The SMILES string of the molecule is C=C(C)[C@H]1CC[C@@]2(C)[C@H](O)CC[C@@H](C)[C@@H]2C1. The zero-order valence-electron chi connectivity index (χ0n) is 11.0. The maximum absolute atomic E-state index is 10.3. The molecule has 16 heavy (non-hydrogen) atoms. The van der Waals surface area contributed by atoms with Crippen LogP contribution in [-0.2, 0) is 0 Å². The third-order valence-electron chi connectivity index (χ3n) is 5.46. The summed E-state index contributed by atoms with van der Waals surface area (Å²) in [6.45, 7) is 11.0. The molecule has 0 aromatic rings. The quantitative estimate of drug-likeness (QED) is 0.669. The second-order valence-corrected chi connectivity index (χ2v) is 6.50. The number of allylic oxidation sites excluding steroid dienone is 1. The molecule has 2 saturated carbocycles. The molecule has 1 nitrogen and oxygen atoms in total. The van der Waals surface area contributed by atoms with Crippen molar-refractivity contribution >= 4 is 0 Å². The fourth-order valence-electron chi connectivity index (χ4n) is 4.06. The molecular formula is C15H26O. The summed E-state index contributed by atoms with van der Waals surface area (Å²) in [6.07, 6.45) is 5.80. The zero-order chi connectivity index (χ0) is 11.9. The van der Waals surface area contributed by atoms with Crippen molar-refractivity contribution in [1.29, 1.82) is 0 Å². The van der Waals surface area contributed by atoms with Gasteiger partial charge in [-0.05, 0) is 62.2 Å². The number of aliphatic hydroxyl groups is 1. The molecule has 0 bridgehead atoms. The maximum Gasteiger partial charge on any atom is 0.0596 e. The summed E-state index contributed by atoms with van der Waals surface area (Å²) in [7, 11) is 0. The van der Waals surface area contributed by atoms with E-state index in [4.69, 9.17) is 0 Å². The molecular weight excluding hydrogens is 196 g/mol. The minimum Gasteiger partial charge on any atom is -0.393 e. The number of rotatable bonds is 1. The van der Waals surface area contributed by atoms with Gasteiger partial charge in [-0.15, -0.1) is 0 Å². The number of fused-ring (bicyclic) bond motifs is 1. The lowest BCUT2D eigenvalue weighted by atomic mass is 9.53. The van der Waals surface area contributed by atoms with Crippen molar-refractivity contribution < 1.29 is 5.11 Å². The van der Waals surface area contributed by atoms with E-state index >= 15 is 0 Å². The highest BCUT2D eigenvalue weighted by molar-refractivity contribution is 5.06. The van der Waals surface area contributed by atoms with E-state index in [-0.39, 0.29) is 11.5 Å². The Morgan fingerprint density at radius 2 is 2.00 bits per heavy atom. The standard InChI is InChI=1S/C15H26O/c1-10(2)12-7-8-15(4)13(9-12)11(3)5-6-14(15)16/h11-14,16H,1,5-9H2,2-4H3/t11-,12+,13+,14-,15-/m1/s1. The highest BCUT2D eigenvalue weighted by atomic mass is 16.3. The van der Waals surface area contributed by atoms with E-state index in [1.165, 1.54) is 31.3 Å². The van der Waals surface area contributed by atoms with Crippen LogP contribution < -0.4 is 0 Å². The van der Waals surface area contributed by atoms with Crippen LogP contribution in [0.4, 0.5) is 0 Å². The maximum atomic E-state index is 10.3. The van der Waals surface area contributed by atoms with Crippen molar-refractivity contribution in [2.24, 2.45) is 23.2 Å². The van der Waals surface area contributed by atoms with Gasteiger partial charge in [0.15, 0.2) is 0 Å². The molecule has 2 rings (SSSR count). The third kappa shape index (κ3) is 1.84. The predicted molar refractivity (Wildman–Crippen MR) is 68.2 cm³/mol. The molecule has 0 saturated heterocycles. The molecule has 2 aliphatic rings. The van der Waals surface area contributed by atoms with Crippen molar-refractivity contribution in [3.8, 4) is 0 Å². The molecule has 0 spiro atoms. The summed E-state index contributed by atoms with van der Waals surface area (Å²) in [4.78, 5) is 0. The lowest BCUT2D eigenvalue weighted by Crippen LogP contribution is -2.49. The van der Waals surface area contributed by atoms with Crippen LogP contribution in [0.25, 0.3) is 0 Å². The molecule has 1 heteroatoms. The van der Waals surface area contributed by atoms with E-state index in [1.54, 1.807) is 0 Å². The van der Waals surface area contributed by atoms with Crippen LogP contribution in [0.3, 0.4) is 0 Å². The van der Waals surface area contributed by atoms with Crippen molar-refractivity contribution in [1.82, 2.24) is 0 Å². The Morgan fingerprint density at radius 1 is 1.31 bits per heavy atom. The van der Waals surface area contributed by atoms with Gasteiger partial charge >= 0.3 is 0 Å². The topological polar surface area (TPSA) is 20.2 Å². The molecule has 1 N–H and O–H groups in total. The molecule has 0 aliphatic heterocycles. The average Bonchev–Trinajstić information content (AvgIpc) is 2.24. The minimum absolute atomic E-state index is 0.0697. The first-order chi connectivity index (χ1) is 7.45. The monoisotopic (exact) mass is 222 g/mol. The first kappa shape index (κ1) is 12.2. The van der Waals surface area contributed by atoms with Gasteiger partial charge in [0.2, 0.25) is 0 Å². The Bertz CT molecular complexity index is 283. The normalized spacial score (nSPS) is 48.5. The van der Waals surface area contributed by atoms with E-state index in [2.05, 4.69) is 27.4 Å². The lowest BCUT2D eigenvalue weighted by Gasteiger charge is -2.53. The van der Waals surface area contributed by atoms with Crippen molar-refractivity contribution in [3.05, 3.63) is 12.2 Å². The van der Waals surface area contributed by atoms with Gasteiger partial charge in [0, 0.05) is 0 Å². The zero-order valence-corrected chi connectivity index (χ0v) is 11.0. The van der Waals surface area contributed by atoms with Crippen molar-refractivity contribution in [3.63, 3.8) is 0 Å². The Labute approximate surface area is 99.9 Å². The molecule has 2 aliphatic carbocycles. The molecule has 92 valence electrons. The van der Waals surface area contributed by atoms with E-state index in [1.807, 2.05) is 0 Å². The Balaban J connectivity index is 2.18. The highest BCUT2D eigenvalue weighted by Gasteiger charge is 2.49. The molecule has 5 atom stereocenters. The van der Waals surface area contributed by atoms with Gasteiger partial charge in [0.05, 0.1) is 6.10 Å². The van der Waals surface area contributed by atoms with Crippen LogP contribution in [0.2, 0.25) is 0 Å². The van der Waals surface area contributed by atoms with Crippen LogP contribution in [0.5, 0.6) is 0 Å². The fraction of sp³-hybridized carbons (Fsp3) is 0.867. The van der Waals surface area contributed by atoms with Gasteiger partial charge in [-0.1, -0.05) is 26.0 Å². The van der Waals surface area contributed by atoms with E-state index in [0.717, 1.165) is 12.3 Å². The van der Waals surface area contributed by atoms with Crippen LogP contribution in [0.1, 0.15) is 52.9 Å². The average molecular weight is 222 g/mol. The number of aliphatic hydroxyl groups excluding tert-OH is 1. The summed E-state index contributed by atoms with van der Waals surface area (Å²) in [5, 5.41) is 10.3. The molecule has 0 heterocycles. The summed E-state index contributed by atoms with van der Waals surface area (Å²) >= 11 is 0. The van der Waals surface area contributed by atoms with Crippen LogP contribution >= 0.6 is 0 Å². The molecule has 0 aromatic carbocycles. The second-order valence-electron chi connectivity index (χ2n) is 6.50. The minimum atomic E-state index is -0.0697. The van der Waals surface area contributed by atoms with Crippen molar-refractivity contribution in [2.75, 3.05) is 0 Å². The summed E-state index contributed by atoms with van der Waals surface area (Å²) in [5.41, 5.74) is 1.53. The van der Waals surface area contributed by atoms with Gasteiger partial charge in [-0.3, -0.25) is 0 Å². The molecule has 2 fully saturated rings. The largest absolute Gasteiger partial charge is 0.393 e. The van der Waals surface area contributed by atoms with E-state index in [9.17, 15) is 5.11 Å². The van der Waals surface area contributed by atoms with Gasteiger partial charge in [-0.25, -0.2) is 0 Å². The highest BCUT2D eigenvalue weighted by Crippen LogP contribution is 2.54. The lowest BCUT2D eigenvalue weighted by molar-refractivity contribution is -0.0957. The molecule has 0 unspecified atom stereocenters. The Morgan fingerprint density at radius 3 is 2.62 bits per heavy atom. The summed E-state index contributed by atoms with van der Waals surface area (Å²) < 4.78 is 0. The van der Waals surface area contributed by atoms with Crippen LogP contribution in [-0.4, -0.2) is 11.2 Å². The summed E-state index contributed by atoms with van der Waals surface area (Å²) in [5.74, 6) is 2.17. The molecule has 0 aromatic heterocycles. The fourth-order valence-corrected chi connectivity index (χ4v) is 4.06. The van der Waals surface area contributed by atoms with E-state index in [0.29, 0.717) is 11.8 Å². The predicted octanol–water partition coefficient (Wildman–Crippen LogP) is 3.78. The first-order valence-corrected chi connectivity index (χ1v) is 6.78. The Kier molecular flexibility index (Phi) is 3.18. The molecule has 0 amide bonds. The van der Waals surface area contributed by atoms with Crippen LogP contribution in [0, 0.1) is 23.2 Å². The number of hydrogen-bond donors (Lipinski definition) is 1.